The Morgan fingerprint density at radius 2 is 1.57 bits per heavy atom. The monoisotopic (exact) mass is 168 g/mol. The number of hydrogen-bond acceptors (Lipinski definition) is 5. The van der Waals surface area contributed by atoms with Crippen LogP contribution in [0.5, 0.6) is 0 Å². The molecule has 0 saturated carbocycles. The van der Waals surface area contributed by atoms with Crippen molar-refractivity contribution in [1.82, 2.24) is 0 Å². The van der Waals surface area contributed by atoms with Crippen LogP contribution in [0.3, 0.4) is 0 Å². The van der Waals surface area contributed by atoms with Crippen molar-refractivity contribution < 1.29 is 15.7 Å². The van der Waals surface area contributed by atoms with Crippen LogP contribution in [0.15, 0.2) is 0 Å². The van der Waals surface area contributed by atoms with Gasteiger partial charge in [0.25, 0.3) is 0 Å². The molecule has 1 fully saturated rings. The van der Waals surface area contributed by atoms with Crippen LogP contribution in [0.2, 0.25) is 0 Å². The molecule has 7 heteroatoms. The average molecular weight is 168 g/mol. The minimum absolute atomic E-state index is 0. The van der Waals surface area contributed by atoms with Crippen molar-refractivity contribution in [2.75, 3.05) is 0 Å². The summed E-state index contributed by atoms with van der Waals surface area (Å²) >= 11 is 0.456. The Labute approximate surface area is 75.3 Å². The molecule has 38 valence electrons. The molecule has 1 aliphatic heterocycles. The summed E-state index contributed by atoms with van der Waals surface area (Å²) in [4.78, 5) is 0. The standard InChI is InChI=1S/Ca.O4S2/c;1-6(2)3-5-4-6. The van der Waals surface area contributed by atoms with Crippen molar-refractivity contribution in [3.63, 3.8) is 0 Å². The zero-order chi connectivity index (χ0) is 4.62. The summed E-state index contributed by atoms with van der Waals surface area (Å²) in [6.07, 6.45) is 0. The van der Waals surface area contributed by atoms with Crippen molar-refractivity contribution >= 4 is 60.5 Å². The first-order chi connectivity index (χ1) is 2.71. The van der Waals surface area contributed by atoms with Crippen molar-refractivity contribution in [3.05, 3.63) is 0 Å². The van der Waals surface area contributed by atoms with Gasteiger partial charge in [0, 0.05) is 37.7 Å². The molecule has 0 N–H and O–H groups in total. The quantitative estimate of drug-likeness (QED) is 0.359. The Kier molecular flexibility index (Phi) is 3.46. The van der Waals surface area contributed by atoms with Crippen LogP contribution in [0.25, 0.3) is 0 Å². The largest absolute Gasteiger partial charge is 0.425 e. The van der Waals surface area contributed by atoms with Gasteiger partial charge in [-0.25, -0.2) is 0 Å². The fourth-order valence-electron chi connectivity index (χ4n) is 0.0731. The normalized spacial score (nSPS) is 24.6. The first kappa shape index (κ1) is 8.48. The van der Waals surface area contributed by atoms with Gasteiger partial charge >= 0.3 is 10.4 Å². The van der Waals surface area contributed by atoms with Crippen LogP contribution >= 0.6 is 12.3 Å². The summed E-state index contributed by atoms with van der Waals surface area (Å²) in [6.45, 7) is 0. The maximum atomic E-state index is 9.62. The Bertz CT molecular complexity index is 124. The molecule has 0 aromatic rings. The minimum Gasteiger partial charge on any atom is -0.167 e. The van der Waals surface area contributed by atoms with Crippen LogP contribution in [0, 0.1) is 0 Å². The van der Waals surface area contributed by atoms with E-state index in [1.165, 1.54) is 0 Å². The van der Waals surface area contributed by atoms with Gasteiger partial charge in [0.15, 0.2) is 12.3 Å². The first-order valence-electron chi connectivity index (χ1n) is 1.00. The van der Waals surface area contributed by atoms with Gasteiger partial charge in [-0.15, -0.1) is 7.26 Å². The Balaban J connectivity index is 0.000000360. The van der Waals surface area contributed by atoms with Gasteiger partial charge in [0.1, 0.15) is 0 Å². The molecule has 1 aliphatic rings. The second-order valence-corrected chi connectivity index (χ2v) is 2.65. The molecule has 7 heavy (non-hydrogen) atoms. The topological polar surface area (TPSA) is 52.6 Å². The molecule has 4 nitrogen and oxygen atoms in total. The molecule has 2 radical (unpaired) electrons. The third kappa shape index (κ3) is 2.50. The molecule has 0 aromatic heterocycles. The fraction of sp³-hybridized carbons (Fsp3) is 0. The van der Waals surface area contributed by atoms with Gasteiger partial charge in [0.05, 0.1) is 0 Å². The van der Waals surface area contributed by atoms with E-state index < -0.39 is 10.4 Å². The molecular formula is CaO4S2. The van der Waals surface area contributed by atoms with E-state index in [0.717, 1.165) is 0 Å². The zero-order valence-electron chi connectivity index (χ0n) is 3.16. The minimum atomic E-state index is -3.52. The van der Waals surface area contributed by atoms with E-state index in [1.807, 2.05) is 0 Å². The van der Waals surface area contributed by atoms with Crippen LogP contribution in [-0.2, 0) is 17.7 Å². The number of hydrogen-bond donors (Lipinski definition) is 0. The molecule has 0 atom stereocenters. The summed E-state index contributed by atoms with van der Waals surface area (Å²) in [5, 5.41) is 0. The summed E-state index contributed by atoms with van der Waals surface area (Å²) < 4.78 is 26.8. The number of rotatable bonds is 0. The van der Waals surface area contributed by atoms with Gasteiger partial charge < -0.3 is 0 Å². The van der Waals surface area contributed by atoms with E-state index in [0.29, 0.717) is 12.3 Å². The van der Waals surface area contributed by atoms with Crippen molar-refractivity contribution in [1.29, 1.82) is 0 Å². The maximum Gasteiger partial charge on any atom is 0.425 e. The predicted molar refractivity (Wildman–Crippen MR) is 24.4 cm³/mol. The predicted octanol–water partition coefficient (Wildman–Crippen LogP) is -0.540. The van der Waals surface area contributed by atoms with Gasteiger partial charge in [-0.05, 0) is 0 Å². The summed E-state index contributed by atoms with van der Waals surface area (Å²) in [7, 11) is -3.52. The Morgan fingerprint density at radius 3 is 1.57 bits per heavy atom. The van der Waals surface area contributed by atoms with Gasteiger partial charge in [-0.1, -0.05) is 0 Å². The molecular weight excluding hydrogens is 168 g/mol. The molecule has 1 rings (SSSR count). The molecule has 0 amide bonds. The zero-order valence-corrected chi connectivity index (χ0v) is 7.00. The van der Waals surface area contributed by atoms with Crippen molar-refractivity contribution in [3.8, 4) is 0 Å². The van der Waals surface area contributed by atoms with Gasteiger partial charge in [-0.3, -0.25) is 0 Å². The Hall–Kier alpha value is 1.48. The molecule has 1 heterocycles. The average Bonchev–Trinajstić information content (AvgIpc) is 1.32. The Morgan fingerprint density at radius 1 is 1.29 bits per heavy atom. The van der Waals surface area contributed by atoms with Crippen molar-refractivity contribution in [2.45, 2.75) is 0 Å². The second-order valence-electron chi connectivity index (χ2n) is 0.612. The summed E-state index contributed by atoms with van der Waals surface area (Å²) in [5.74, 6) is 0. The van der Waals surface area contributed by atoms with E-state index in [9.17, 15) is 8.42 Å². The third-order valence-corrected chi connectivity index (χ3v) is 2.00. The van der Waals surface area contributed by atoms with Crippen LogP contribution in [0.4, 0.5) is 0 Å². The molecule has 1 saturated heterocycles. The summed E-state index contributed by atoms with van der Waals surface area (Å²) in [5.41, 5.74) is 0. The smallest absolute Gasteiger partial charge is 0.167 e. The van der Waals surface area contributed by atoms with E-state index in [1.54, 1.807) is 0 Å². The second kappa shape index (κ2) is 2.86. The molecule has 0 spiro atoms. The van der Waals surface area contributed by atoms with E-state index >= 15 is 0 Å². The van der Waals surface area contributed by atoms with E-state index in [4.69, 9.17) is 0 Å². The van der Waals surface area contributed by atoms with Crippen LogP contribution < -0.4 is 0 Å². The molecule has 0 aromatic carbocycles. The molecule has 0 unspecified atom stereocenters. The van der Waals surface area contributed by atoms with Crippen LogP contribution in [-0.4, -0.2) is 46.2 Å². The molecule has 0 aliphatic carbocycles. The van der Waals surface area contributed by atoms with Gasteiger partial charge in [0.2, 0.25) is 0 Å². The summed E-state index contributed by atoms with van der Waals surface area (Å²) in [6, 6.07) is 0. The molecule has 0 bridgehead atoms. The van der Waals surface area contributed by atoms with Crippen LogP contribution in [0.1, 0.15) is 0 Å². The van der Waals surface area contributed by atoms with Gasteiger partial charge in [-0.2, -0.15) is 8.42 Å². The first-order valence-corrected chi connectivity index (χ1v) is 3.00. The maximum absolute atomic E-state index is 9.62. The van der Waals surface area contributed by atoms with E-state index in [-0.39, 0.29) is 37.7 Å². The van der Waals surface area contributed by atoms with E-state index in [2.05, 4.69) is 7.26 Å². The van der Waals surface area contributed by atoms with Crippen molar-refractivity contribution in [2.24, 2.45) is 0 Å². The third-order valence-electron chi connectivity index (χ3n) is 0.222. The SMILES string of the molecule is O=S1(=O)OSO1.[Ca]. The fourth-order valence-corrected chi connectivity index (χ4v) is 0.658.